The van der Waals surface area contributed by atoms with Crippen LogP contribution in [0.1, 0.15) is 43.4 Å². The van der Waals surface area contributed by atoms with Crippen LogP contribution in [0.2, 0.25) is 0 Å². The third kappa shape index (κ3) is 1.77. The second kappa shape index (κ2) is 4.99. The third-order valence-electron chi connectivity index (χ3n) is 4.93. The van der Waals surface area contributed by atoms with Gasteiger partial charge in [0, 0.05) is 23.1 Å². The van der Waals surface area contributed by atoms with Crippen LogP contribution >= 0.6 is 0 Å². The normalized spacial score (nSPS) is 14.0. The Kier molecular flexibility index (Phi) is 3.26. The maximum Gasteiger partial charge on any atom is 0.269 e. The largest absolute Gasteiger partial charge is 0.269 e. The minimum atomic E-state index is -0.327. The number of nitro benzene ring substituents is 1. The molecule has 0 N–H and O–H groups in total. The van der Waals surface area contributed by atoms with Gasteiger partial charge in [0.05, 0.1) is 4.92 Å². The molecule has 0 fully saturated rings. The van der Waals surface area contributed by atoms with E-state index in [1.54, 1.807) is 12.1 Å². The lowest BCUT2D eigenvalue weighted by atomic mass is 9.73. The summed E-state index contributed by atoms with van der Waals surface area (Å²) in [4.78, 5) is 10.8. The Morgan fingerprint density at radius 2 is 1.68 bits per heavy atom. The predicted molar refractivity (Wildman–Crippen MR) is 87.8 cm³/mol. The van der Waals surface area contributed by atoms with E-state index in [0.717, 1.165) is 35.1 Å². The SMILES string of the molecule is C#Cc1ccc2c(c1)C(CC)(CC)c1cc([N+](=O)[O-])ccc1-2. The van der Waals surface area contributed by atoms with Crippen LogP contribution < -0.4 is 0 Å². The molecule has 1 aliphatic carbocycles. The highest BCUT2D eigenvalue weighted by molar-refractivity contribution is 5.82. The van der Waals surface area contributed by atoms with Crippen LogP contribution in [0.15, 0.2) is 36.4 Å². The maximum atomic E-state index is 11.1. The minimum Gasteiger partial charge on any atom is -0.258 e. The van der Waals surface area contributed by atoms with E-state index >= 15 is 0 Å². The Labute approximate surface area is 130 Å². The zero-order valence-corrected chi connectivity index (χ0v) is 12.7. The van der Waals surface area contributed by atoms with E-state index in [4.69, 9.17) is 6.42 Å². The van der Waals surface area contributed by atoms with Crippen molar-refractivity contribution >= 4 is 5.69 Å². The van der Waals surface area contributed by atoms with Crippen LogP contribution in [-0.2, 0) is 5.41 Å². The van der Waals surface area contributed by atoms with Gasteiger partial charge in [-0.05, 0) is 53.3 Å². The van der Waals surface area contributed by atoms with E-state index in [-0.39, 0.29) is 16.0 Å². The van der Waals surface area contributed by atoms with E-state index in [1.165, 1.54) is 5.56 Å². The molecular weight excluding hydrogens is 274 g/mol. The second-order valence-corrected chi connectivity index (χ2v) is 5.68. The van der Waals surface area contributed by atoms with Crippen molar-refractivity contribution in [1.82, 2.24) is 0 Å². The average Bonchev–Trinajstić information content (AvgIpc) is 2.83. The van der Waals surface area contributed by atoms with Crippen molar-refractivity contribution in [3.63, 3.8) is 0 Å². The number of nitro groups is 1. The lowest BCUT2D eigenvalue weighted by molar-refractivity contribution is -0.384. The highest BCUT2D eigenvalue weighted by Crippen LogP contribution is 2.53. The first-order valence-corrected chi connectivity index (χ1v) is 7.47. The van der Waals surface area contributed by atoms with Gasteiger partial charge in [-0.1, -0.05) is 25.8 Å². The van der Waals surface area contributed by atoms with Gasteiger partial charge in [-0.2, -0.15) is 0 Å². The van der Waals surface area contributed by atoms with Crippen LogP contribution in [-0.4, -0.2) is 4.92 Å². The number of terminal acetylenes is 1. The quantitative estimate of drug-likeness (QED) is 0.469. The Balaban J connectivity index is 2.34. The fraction of sp³-hybridized carbons (Fsp3) is 0.263. The Bertz CT molecular complexity index is 811. The van der Waals surface area contributed by atoms with E-state index in [2.05, 4.69) is 25.8 Å². The van der Waals surface area contributed by atoms with Gasteiger partial charge in [-0.3, -0.25) is 10.1 Å². The van der Waals surface area contributed by atoms with Gasteiger partial charge >= 0.3 is 0 Å². The Hall–Kier alpha value is -2.60. The molecule has 2 aromatic carbocycles. The summed E-state index contributed by atoms with van der Waals surface area (Å²) in [5.41, 5.74) is 5.30. The molecule has 1 aliphatic rings. The van der Waals surface area contributed by atoms with Gasteiger partial charge in [0.25, 0.3) is 5.69 Å². The molecule has 0 unspecified atom stereocenters. The molecule has 0 spiro atoms. The molecule has 0 amide bonds. The molecule has 22 heavy (non-hydrogen) atoms. The summed E-state index contributed by atoms with van der Waals surface area (Å²) in [6.45, 7) is 4.26. The number of nitrogens with zero attached hydrogens (tertiary/aromatic N) is 1. The first kappa shape index (κ1) is 14.3. The summed E-state index contributed by atoms with van der Waals surface area (Å²) in [7, 11) is 0. The van der Waals surface area contributed by atoms with Crippen molar-refractivity contribution < 1.29 is 4.92 Å². The van der Waals surface area contributed by atoms with E-state index in [9.17, 15) is 10.1 Å². The van der Waals surface area contributed by atoms with Gasteiger partial charge in [-0.25, -0.2) is 0 Å². The lowest BCUT2D eigenvalue weighted by Gasteiger charge is -2.29. The van der Waals surface area contributed by atoms with Gasteiger partial charge in [-0.15, -0.1) is 6.42 Å². The topological polar surface area (TPSA) is 43.1 Å². The van der Waals surface area contributed by atoms with Crippen molar-refractivity contribution in [2.45, 2.75) is 32.1 Å². The van der Waals surface area contributed by atoms with Crippen LogP contribution in [0.25, 0.3) is 11.1 Å². The van der Waals surface area contributed by atoms with Crippen molar-refractivity contribution in [2.24, 2.45) is 0 Å². The second-order valence-electron chi connectivity index (χ2n) is 5.68. The zero-order chi connectivity index (χ0) is 15.9. The fourth-order valence-corrected chi connectivity index (χ4v) is 3.70. The van der Waals surface area contributed by atoms with Crippen LogP contribution in [0.4, 0.5) is 5.69 Å². The first-order chi connectivity index (χ1) is 10.6. The number of non-ortho nitro benzene ring substituents is 1. The number of fused-ring (bicyclic) bond motifs is 3. The zero-order valence-electron chi connectivity index (χ0n) is 12.7. The van der Waals surface area contributed by atoms with Gasteiger partial charge < -0.3 is 0 Å². The van der Waals surface area contributed by atoms with Crippen LogP contribution in [0.3, 0.4) is 0 Å². The molecule has 0 radical (unpaired) electrons. The molecule has 3 rings (SSSR count). The van der Waals surface area contributed by atoms with Crippen molar-refractivity contribution in [2.75, 3.05) is 0 Å². The molecule has 0 heterocycles. The molecule has 3 nitrogen and oxygen atoms in total. The molecular formula is C19H17NO2. The molecule has 0 aromatic heterocycles. The molecule has 2 aromatic rings. The van der Waals surface area contributed by atoms with Gasteiger partial charge in [0.15, 0.2) is 0 Å². The minimum absolute atomic E-state index is 0.148. The highest BCUT2D eigenvalue weighted by Gasteiger charge is 2.41. The van der Waals surface area contributed by atoms with Crippen LogP contribution in [0.5, 0.6) is 0 Å². The van der Waals surface area contributed by atoms with E-state index in [1.807, 2.05) is 18.2 Å². The monoisotopic (exact) mass is 291 g/mol. The number of rotatable bonds is 3. The van der Waals surface area contributed by atoms with Crippen molar-refractivity contribution in [3.8, 4) is 23.5 Å². The molecule has 0 bridgehead atoms. The lowest BCUT2D eigenvalue weighted by Crippen LogP contribution is -2.23. The summed E-state index contributed by atoms with van der Waals surface area (Å²) in [6.07, 6.45) is 7.32. The fourth-order valence-electron chi connectivity index (χ4n) is 3.70. The Morgan fingerprint density at radius 1 is 1.09 bits per heavy atom. The summed E-state index contributed by atoms with van der Waals surface area (Å²) in [5, 5.41) is 11.1. The first-order valence-electron chi connectivity index (χ1n) is 7.47. The maximum absolute atomic E-state index is 11.1. The summed E-state index contributed by atoms with van der Waals surface area (Å²) in [6, 6.07) is 11.2. The summed E-state index contributed by atoms with van der Waals surface area (Å²) < 4.78 is 0. The number of hydrogen-bond acceptors (Lipinski definition) is 2. The molecule has 0 atom stereocenters. The van der Waals surface area contributed by atoms with E-state index in [0.29, 0.717) is 0 Å². The summed E-state index contributed by atoms with van der Waals surface area (Å²) in [5.74, 6) is 2.69. The molecule has 110 valence electrons. The number of hydrogen-bond donors (Lipinski definition) is 0. The Morgan fingerprint density at radius 3 is 2.23 bits per heavy atom. The summed E-state index contributed by atoms with van der Waals surface area (Å²) >= 11 is 0. The number of benzene rings is 2. The van der Waals surface area contributed by atoms with Crippen molar-refractivity contribution in [3.05, 3.63) is 63.2 Å². The molecule has 3 heteroatoms. The van der Waals surface area contributed by atoms with E-state index < -0.39 is 0 Å². The molecule has 0 saturated carbocycles. The standard InChI is InChI=1S/C19H17NO2/c1-4-13-7-9-15-16-10-8-14(20(21)22)12-18(16)19(5-2,6-3)17(15)11-13/h1,7-12H,5-6H2,2-3H3. The highest BCUT2D eigenvalue weighted by atomic mass is 16.6. The smallest absolute Gasteiger partial charge is 0.258 e. The average molecular weight is 291 g/mol. The molecule has 0 aliphatic heterocycles. The predicted octanol–water partition coefficient (Wildman–Crippen LogP) is 4.66. The van der Waals surface area contributed by atoms with Gasteiger partial charge in [0.1, 0.15) is 0 Å². The van der Waals surface area contributed by atoms with Crippen LogP contribution in [0, 0.1) is 22.5 Å². The molecule has 0 saturated heterocycles. The third-order valence-corrected chi connectivity index (χ3v) is 4.93. The van der Waals surface area contributed by atoms with Gasteiger partial charge in [0.2, 0.25) is 0 Å². The van der Waals surface area contributed by atoms with Crippen molar-refractivity contribution in [1.29, 1.82) is 0 Å².